The van der Waals surface area contributed by atoms with E-state index in [1.54, 1.807) is 12.0 Å². The first kappa shape index (κ1) is 23.5. The third kappa shape index (κ3) is 5.43. The normalized spacial score (nSPS) is 20.7. The number of benzene rings is 1. The van der Waals surface area contributed by atoms with Crippen LogP contribution in [0, 0.1) is 12.3 Å². The van der Waals surface area contributed by atoms with E-state index in [0.717, 1.165) is 37.7 Å². The van der Waals surface area contributed by atoms with E-state index in [1.165, 1.54) is 6.42 Å². The third-order valence-electron chi connectivity index (χ3n) is 6.36. The van der Waals surface area contributed by atoms with Crippen molar-refractivity contribution in [3.05, 3.63) is 23.8 Å². The number of methoxy groups -OCH3 is 1. The molecule has 0 spiro atoms. The number of rotatable bonds is 6. The van der Waals surface area contributed by atoms with Gasteiger partial charge in [0.05, 0.1) is 12.8 Å². The highest BCUT2D eigenvalue weighted by molar-refractivity contribution is 5.98. The zero-order chi connectivity index (χ0) is 20.1. The molecule has 1 aromatic carbocycles. The van der Waals surface area contributed by atoms with Gasteiger partial charge in [-0.25, -0.2) is 0 Å². The molecule has 1 heterocycles. The molecule has 2 amide bonds. The summed E-state index contributed by atoms with van der Waals surface area (Å²) in [6, 6.07) is 5.26. The van der Waals surface area contributed by atoms with Crippen molar-refractivity contribution in [1.82, 2.24) is 4.90 Å². The van der Waals surface area contributed by atoms with Crippen molar-refractivity contribution in [3.63, 3.8) is 0 Å². The van der Waals surface area contributed by atoms with Gasteiger partial charge < -0.3 is 20.7 Å². The highest BCUT2D eigenvalue weighted by Crippen LogP contribution is 2.39. The topological polar surface area (TPSA) is 84.7 Å². The molecule has 1 saturated carbocycles. The van der Waals surface area contributed by atoms with E-state index in [4.69, 9.17) is 10.5 Å². The molecule has 29 heavy (non-hydrogen) atoms. The highest BCUT2D eigenvalue weighted by Gasteiger charge is 2.39. The molecule has 6 nitrogen and oxygen atoms in total. The SMILES string of the molecule is COc1ccc(C)cc1NC(=O)C1CCCN1C(=O)CC1(CN)CCCCC1.Cl. The molecule has 2 fully saturated rings. The molecular weight excluding hydrogens is 390 g/mol. The van der Waals surface area contributed by atoms with Crippen molar-refractivity contribution >= 4 is 29.9 Å². The quantitative estimate of drug-likeness (QED) is 0.731. The van der Waals surface area contributed by atoms with Gasteiger partial charge in [-0.3, -0.25) is 9.59 Å². The average Bonchev–Trinajstić information content (AvgIpc) is 3.19. The van der Waals surface area contributed by atoms with E-state index in [-0.39, 0.29) is 29.6 Å². The Bertz CT molecular complexity index is 719. The Morgan fingerprint density at radius 1 is 1.24 bits per heavy atom. The van der Waals surface area contributed by atoms with Crippen molar-refractivity contribution in [1.29, 1.82) is 0 Å². The molecule has 0 bridgehead atoms. The number of ether oxygens (including phenoxy) is 1. The number of nitrogens with two attached hydrogens (primary N) is 1. The Morgan fingerprint density at radius 3 is 2.62 bits per heavy atom. The summed E-state index contributed by atoms with van der Waals surface area (Å²) in [5.74, 6) is 0.556. The number of likely N-dealkylation sites (tertiary alicyclic amines) is 1. The van der Waals surface area contributed by atoms with E-state index < -0.39 is 6.04 Å². The maximum Gasteiger partial charge on any atom is 0.247 e. The van der Waals surface area contributed by atoms with Crippen LogP contribution < -0.4 is 15.8 Å². The number of nitrogens with one attached hydrogen (secondary N) is 1. The van der Waals surface area contributed by atoms with Crippen LogP contribution in [0.15, 0.2) is 18.2 Å². The zero-order valence-electron chi connectivity index (χ0n) is 17.5. The highest BCUT2D eigenvalue weighted by atomic mass is 35.5. The number of hydrogen-bond acceptors (Lipinski definition) is 4. The molecule has 3 rings (SSSR count). The fourth-order valence-corrected chi connectivity index (χ4v) is 4.65. The van der Waals surface area contributed by atoms with E-state index in [9.17, 15) is 9.59 Å². The summed E-state index contributed by atoms with van der Waals surface area (Å²) in [6.07, 6.45) is 7.54. The molecule has 0 radical (unpaired) electrons. The Labute approximate surface area is 179 Å². The first-order valence-corrected chi connectivity index (χ1v) is 10.4. The number of carbonyl (C=O) groups excluding carboxylic acids is 2. The van der Waals surface area contributed by atoms with Crippen molar-refractivity contribution in [3.8, 4) is 5.75 Å². The summed E-state index contributed by atoms with van der Waals surface area (Å²) in [7, 11) is 1.59. The molecule has 1 atom stereocenters. The largest absolute Gasteiger partial charge is 0.495 e. The smallest absolute Gasteiger partial charge is 0.247 e. The first-order valence-electron chi connectivity index (χ1n) is 10.4. The number of anilines is 1. The van der Waals surface area contributed by atoms with Crippen molar-refractivity contribution in [2.24, 2.45) is 11.1 Å². The molecule has 7 heteroatoms. The lowest BCUT2D eigenvalue weighted by Crippen LogP contribution is -2.46. The zero-order valence-corrected chi connectivity index (χ0v) is 18.4. The van der Waals surface area contributed by atoms with Gasteiger partial charge in [0.2, 0.25) is 11.8 Å². The lowest BCUT2D eigenvalue weighted by Gasteiger charge is -2.37. The van der Waals surface area contributed by atoms with Crippen LogP contribution in [0.5, 0.6) is 5.75 Å². The first-order chi connectivity index (χ1) is 13.5. The maximum atomic E-state index is 13.1. The molecule has 3 N–H and O–H groups in total. The van der Waals surface area contributed by atoms with Crippen LogP contribution in [-0.4, -0.2) is 43.0 Å². The van der Waals surface area contributed by atoms with Gasteiger partial charge in [-0.2, -0.15) is 0 Å². The second kappa shape index (κ2) is 10.3. The molecule has 1 aliphatic heterocycles. The molecule has 1 aromatic rings. The maximum absolute atomic E-state index is 13.1. The number of hydrogen-bond donors (Lipinski definition) is 2. The average molecular weight is 424 g/mol. The van der Waals surface area contributed by atoms with Crippen LogP contribution in [0.2, 0.25) is 0 Å². The Kier molecular flexibility index (Phi) is 8.34. The summed E-state index contributed by atoms with van der Waals surface area (Å²) in [5.41, 5.74) is 7.67. The minimum atomic E-state index is -0.420. The van der Waals surface area contributed by atoms with Crippen LogP contribution in [-0.2, 0) is 9.59 Å². The van der Waals surface area contributed by atoms with Crippen LogP contribution in [0.25, 0.3) is 0 Å². The van der Waals surface area contributed by atoms with Gasteiger partial charge in [-0.05, 0) is 62.3 Å². The van der Waals surface area contributed by atoms with Gasteiger partial charge >= 0.3 is 0 Å². The molecule has 1 aliphatic carbocycles. The fraction of sp³-hybridized carbons (Fsp3) is 0.636. The number of carbonyl (C=O) groups is 2. The lowest BCUT2D eigenvalue weighted by atomic mass is 9.71. The van der Waals surface area contributed by atoms with Crippen LogP contribution in [0.1, 0.15) is 56.9 Å². The molecule has 2 aliphatic rings. The summed E-state index contributed by atoms with van der Waals surface area (Å²) < 4.78 is 5.36. The summed E-state index contributed by atoms with van der Waals surface area (Å²) >= 11 is 0. The molecule has 1 unspecified atom stereocenters. The number of halogens is 1. The fourth-order valence-electron chi connectivity index (χ4n) is 4.65. The van der Waals surface area contributed by atoms with E-state index >= 15 is 0 Å². The molecule has 1 saturated heterocycles. The summed E-state index contributed by atoms with van der Waals surface area (Å²) in [6.45, 7) is 3.16. The second-order valence-electron chi connectivity index (χ2n) is 8.38. The lowest BCUT2D eigenvalue weighted by molar-refractivity contribution is -0.139. The Hall–Kier alpha value is -1.79. The van der Waals surface area contributed by atoms with Crippen LogP contribution in [0.4, 0.5) is 5.69 Å². The van der Waals surface area contributed by atoms with Crippen molar-refractivity contribution in [2.75, 3.05) is 25.5 Å². The molecular formula is C22H34ClN3O3. The Morgan fingerprint density at radius 2 is 1.97 bits per heavy atom. The van der Waals surface area contributed by atoms with Gasteiger partial charge in [0, 0.05) is 13.0 Å². The third-order valence-corrected chi connectivity index (χ3v) is 6.36. The minimum Gasteiger partial charge on any atom is -0.495 e. The van der Waals surface area contributed by atoms with Crippen LogP contribution in [0.3, 0.4) is 0 Å². The molecule has 162 valence electrons. The van der Waals surface area contributed by atoms with Crippen LogP contribution >= 0.6 is 12.4 Å². The van der Waals surface area contributed by atoms with Crippen molar-refractivity contribution < 1.29 is 14.3 Å². The number of amides is 2. The number of aryl methyl sites for hydroxylation is 1. The van der Waals surface area contributed by atoms with E-state index in [1.807, 2.05) is 25.1 Å². The van der Waals surface area contributed by atoms with Gasteiger partial charge in [0.25, 0.3) is 0 Å². The van der Waals surface area contributed by atoms with Gasteiger partial charge in [0.15, 0.2) is 0 Å². The van der Waals surface area contributed by atoms with E-state index in [0.29, 0.717) is 37.4 Å². The summed E-state index contributed by atoms with van der Waals surface area (Å²) in [5, 5.41) is 2.97. The Balaban J connectivity index is 0.00000300. The van der Waals surface area contributed by atoms with Gasteiger partial charge in [0.1, 0.15) is 11.8 Å². The summed E-state index contributed by atoms with van der Waals surface area (Å²) in [4.78, 5) is 27.8. The standard InChI is InChI=1S/C22H33N3O3.ClH/c1-16-8-9-19(28-2)17(13-16)24-21(27)18-7-6-12-25(18)20(26)14-22(15-23)10-4-3-5-11-22;/h8-9,13,18H,3-7,10-12,14-15,23H2,1-2H3,(H,24,27);1H. The minimum absolute atomic E-state index is 0. The predicted molar refractivity (Wildman–Crippen MR) is 118 cm³/mol. The van der Waals surface area contributed by atoms with Crippen molar-refractivity contribution in [2.45, 2.75) is 64.3 Å². The van der Waals surface area contributed by atoms with Gasteiger partial charge in [-0.15, -0.1) is 12.4 Å². The molecule has 0 aromatic heterocycles. The van der Waals surface area contributed by atoms with E-state index in [2.05, 4.69) is 5.32 Å². The predicted octanol–water partition coefficient (Wildman–Crippen LogP) is 3.65. The number of nitrogens with zero attached hydrogens (tertiary/aromatic N) is 1. The van der Waals surface area contributed by atoms with Gasteiger partial charge in [-0.1, -0.05) is 25.3 Å². The second-order valence-corrected chi connectivity index (χ2v) is 8.38. The monoisotopic (exact) mass is 423 g/mol.